The predicted molar refractivity (Wildman–Crippen MR) is 153 cm³/mol. The molecule has 9 nitrogen and oxygen atoms in total. The molecule has 2 N–H and O–H groups in total. The van der Waals surface area contributed by atoms with Crippen LogP contribution in [-0.2, 0) is 7.05 Å². The van der Waals surface area contributed by atoms with Gasteiger partial charge >= 0.3 is 0 Å². The molecular weight excluding hydrogens is 546 g/mol. The zero-order valence-electron chi connectivity index (χ0n) is 21.7. The van der Waals surface area contributed by atoms with Crippen LogP contribution in [0.2, 0.25) is 0 Å². The molecule has 0 saturated carbocycles. The average Bonchev–Trinajstić information content (AvgIpc) is 3.23. The number of aromatic nitrogens is 3. The molecular formula is C28H32BrN7O2. The standard InChI is InChI=1S/C28H32BrN7O2/c1-34-14-16-36(17-15-34)13-3-11-31-27(37)25-19-23(10-12-30-25)38-22-8-9-26-24(18-22)33-28(35(26)2)32-21-6-4-20(29)5-7-21/h4-10,12,18-19H,3,11,13-17H2,1-2H3,(H,31,37)(H,32,33). The van der Waals surface area contributed by atoms with Gasteiger partial charge in [-0.25, -0.2) is 4.98 Å². The number of hydrogen-bond acceptors (Lipinski definition) is 7. The lowest BCUT2D eigenvalue weighted by Gasteiger charge is -2.32. The van der Waals surface area contributed by atoms with E-state index >= 15 is 0 Å². The first-order valence-electron chi connectivity index (χ1n) is 12.8. The molecule has 0 spiro atoms. The van der Waals surface area contributed by atoms with Gasteiger partial charge < -0.3 is 29.7 Å². The second-order valence-corrected chi connectivity index (χ2v) is 10.4. The first kappa shape index (κ1) is 26.1. The van der Waals surface area contributed by atoms with Crippen LogP contribution < -0.4 is 15.4 Å². The minimum Gasteiger partial charge on any atom is -0.457 e. The van der Waals surface area contributed by atoms with Crippen LogP contribution in [0.15, 0.2) is 65.3 Å². The van der Waals surface area contributed by atoms with E-state index < -0.39 is 0 Å². The number of rotatable bonds is 9. The molecule has 198 valence electrons. The van der Waals surface area contributed by atoms with Crippen LogP contribution in [0.3, 0.4) is 0 Å². The van der Waals surface area contributed by atoms with Crippen LogP contribution in [0.1, 0.15) is 16.9 Å². The highest BCUT2D eigenvalue weighted by molar-refractivity contribution is 9.10. The number of hydrogen-bond donors (Lipinski definition) is 2. The molecule has 1 amide bonds. The predicted octanol–water partition coefficient (Wildman–Crippen LogP) is 4.63. The molecule has 1 fully saturated rings. The van der Waals surface area contributed by atoms with Crippen molar-refractivity contribution in [2.75, 3.05) is 51.6 Å². The number of nitrogens with one attached hydrogen (secondary N) is 2. The molecule has 38 heavy (non-hydrogen) atoms. The SMILES string of the molecule is CN1CCN(CCCNC(=O)c2cc(Oc3ccc4c(c3)nc(Nc3ccc(Br)cc3)n4C)ccn2)CC1. The maximum atomic E-state index is 12.7. The number of nitrogens with zero attached hydrogens (tertiary/aromatic N) is 5. The average molecular weight is 579 g/mol. The van der Waals surface area contributed by atoms with Crippen LogP contribution in [0, 0.1) is 0 Å². The summed E-state index contributed by atoms with van der Waals surface area (Å²) in [5.74, 6) is 1.72. The summed E-state index contributed by atoms with van der Waals surface area (Å²) in [4.78, 5) is 26.4. The lowest BCUT2D eigenvalue weighted by molar-refractivity contribution is 0.0944. The van der Waals surface area contributed by atoms with Crippen LogP contribution in [-0.4, -0.2) is 76.6 Å². The minimum absolute atomic E-state index is 0.197. The lowest BCUT2D eigenvalue weighted by Crippen LogP contribution is -2.45. The topological polar surface area (TPSA) is 87.5 Å². The monoisotopic (exact) mass is 577 g/mol. The van der Waals surface area contributed by atoms with Gasteiger partial charge in [-0.15, -0.1) is 0 Å². The van der Waals surface area contributed by atoms with E-state index in [1.807, 2.05) is 54.1 Å². The van der Waals surface area contributed by atoms with Gasteiger partial charge in [0.25, 0.3) is 5.91 Å². The van der Waals surface area contributed by atoms with Crippen molar-refractivity contribution in [2.24, 2.45) is 7.05 Å². The summed E-state index contributed by atoms with van der Waals surface area (Å²) in [6.07, 6.45) is 2.50. The van der Waals surface area contributed by atoms with Crippen molar-refractivity contribution in [1.29, 1.82) is 0 Å². The first-order valence-corrected chi connectivity index (χ1v) is 13.6. The van der Waals surface area contributed by atoms with Crippen molar-refractivity contribution >= 4 is 44.5 Å². The number of carbonyl (C=O) groups excluding carboxylic acids is 1. The highest BCUT2D eigenvalue weighted by Gasteiger charge is 2.14. The summed E-state index contributed by atoms with van der Waals surface area (Å²) in [5, 5.41) is 6.33. The Hall–Kier alpha value is -3.47. The van der Waals surface area contributed by atoms with Gasteiger partial charge in [-0.3, -0.25) is 9.78 Å². The first-order chi connectivity index (χ1) is 18.4. The van der Waals surface area contributed by atoms with Gasteiger partial charge in [0.15, 0.2) is 0 Å². The zero-order valence-corrected chi connectivity index (χ0v) is 23.2. The molecule has 0 atom stereocenters. The number of carbonyl (C=O) groups is 1. The number of fused-ring (bicyclic) bond motifs is 1. The van der Waals surface area contributed by atoms with E-state index in [4.69, 9.17) is 9.72 Å². The van der Waals surface area contributed by atoms with Gasteiger partial charge in [0, 0.05) is 68.3 Å². The van der Waals surface area contributed by atoms with Crippen molar-refractivity contribution in [2.45, 2.75) is 6.42 Å². The van der Waals surface area contributed by atoms with Gasteiger partial charge in [-0.1, -0.05) is 15.9 Å². The smallest absolute Gasteiger partial charge is 0.270 e. The summed E-state index contributed by atoms with van der Waals surface area (Å²) < 4.78 is 9.09. The molecule has 1 aliphatic rings. The molecule has 0 unspecified atom stereocenters. The summed E-state index contributed by atoms with van der Waals surface area (Å²) in [5.41, 5.74) is 3.06. The van der Waals surface area contributed by atoms with Crippen LogP contribution >= 0.6 is 15.9 Å². The molecule has 0 radical (unpaired) electrons. The number of likely N-dealkylation sites (N-methyl/N-ethyl adjacent to an activating group) is 1. The third-order valence-electron chi connectivity index (χ3n) is 6.68. The third kappa shape index (κ3) is 6.50. The molecule has 1 saturated heterocycles. The van der Waals surface area contributed by atoms with Gasteiger partial charge in [0.1, 0.15) is 17.2 Å². The normalized spacial score (nSPS) is 14.5. The van der Waals surface area contributed by atoms with E-state index in [1.165, 1.54) is 0 Å². The Balaban J connectivity index is 1.18. The van der Waals surface area contributed by atoms with E-state index in [9.17, 15) is 4.79 Å². The van der Waals surface area contributed by atoms with Crippen molar-refractivity contribution in [1.82, 2.24) is 29.7 Å². The number of imidazole rings is 1. The maximum Gasteiger partial charge on any atom is 0.270 e. The second kappa shape index (κ2) is 11.9. The fraction of sp³-hybridized carbons (Fsp3) is 0.321. The third-order valence-corrected chi connectivity index (χ3v) is 7.21. The van der Waals surface area contributed by atoms with Crippen molar-refractivity contribution in [3.05, 3.63) is 71.0 Å². The van der Waals surface area contributed by atoms with Gasteiger partial charge in [0.05, 0.1) is 11.0 Å². The summed E-state index contributed by atoms with van der Waals surface area (Å²) >= 11 is 3.46. The Bertz CT molecular complexity index is 1400. The highest BCUT2D eigenvalue weighted by atomic mass is 79.9. The fourth-order valence-corrected chi connectivity index (χ4v) is 4.68. The number of aryl methyl sites for hydroxylation is 1. The quantitative estimate of drug-likeness (QED) is 0.280. The van der Waals surface area contributed by atoms with E-state index in [1.54, 1.807) is 18.3 Å². The van der Waals surface area contributed by atoms with Crippen LogP contribution in [0.4, 0.5) is 11.6 Å². The Morgan fingerprint density at radius 3 is 2.55 bits per heavy atom. The van der Waals surface area contributed by atoms with E-state index in [0.29, 0.717) is 23.7 Å². The Morgan fingerprint density at radius 1 is 1.00 bits per heavy atom. The molecule has 2 aromatic heterocycles. The molecule has 10 heteroatoms. The number of ether oxygens (including phenoxy) is 1. The Labute approximate surface area is 230 Å². The van der Waals surface area contributed by atoms with Crippen LogP contribution in [0.5, 0.6) is 11.5 Å². The zero-order chi connectivity index (χ0) is 26.5. The Kier molecular flexibility index (Phi) is 8.21. The molecule has 5 rings (SSSR count). The second-order valence-electron chi connectivity index (χ2n) is 9.51. The summed E-state index contributed by atoms with van der Waals surface area (Å²) in [6.45, 7) is 5.96. The molecule has 1 aliphatic heterocycles. The fourth-order valence-electron chi connectivity index (χ4n) is 4.42. The van der Waals surface area contributed by atoms with E-state index in [0.717, 1.165) is 66.3 Å². The Morgan fingerprint density at radius 2 is 1.76 bits per heavy atom. The van der Waals surface area contributed by atoms with Gasteiger partial charge in [0.2, 0.25) is 5.95 Å². The van der Waals surface area contributed by atoms with E-state index in [2.05, 4.69) is 48.4 Å². The van der Waals surface area contributed by atoms with Crippen LogP contribution in [0.25, 0.3) is 11.0 Å². The molecule has 0 bridgehead atoms. The number of pyridine rings is 1. The largest absolute Gasteiger partial charge is 0.457 e. The molecule has 2 aromatic carbocycles. The van der Waals surface area contributed by atoms with E-state index in [-0.39, 0.29) is 5.91 Å². The number of anilines is 2. The minimum atomic E-state index is -0.197. The number of benzene rings is 2. The molecule has 0 aliphatic carbocycles. The molecule has 3 heterocycles. The van der Waals surface area contributed by atoms with Crippen molar-refractivity contribution in [3.63, 3.8) is 0 Å². The van der Waals surface area contributed by atoms with Gasteiger partial charge in [-0.05, 0) is 62.5 Å². The van der Waals surface area contributed by atoms with Crippen molar-refractivity contribution < 1.29 is 9.53 Å². The number of piperazine rings is 1. The van der Waals surface area contributed by atoms with Gasteiger partial charge in [-0.2, -0.15) is 0 Å². The number of amides is 1. The van der Waals surface area contributed by atoms with Crippen molar-refractivity contribution in [3.8, 4) is 11.5 Å². The number of halogens is 1. The summed E-state index contributed by atoms with van der Waals surface area (Å²) in [6, 6.07) is 17.1. The summed E-state index contributed by atoms with van der Waals surface area (Å²) in [7, 11) is 4.12. The lowest BCUT2D eigenvalue weighted by atomic mass is 10.2. The maximum absolute atomic E-state index is 12.7. The molecule has 4 aromatic rings. The highest BCUT2D eigenvalue weighted by Crippen LogP contribution is 2.28.